The molecule has 1 atom stereocenters. The molecule has 0 aromatic heterocycles. The number of carboxylic acids is 1. The Morgan fingerprint density at radius 1 is 0.970 bits per heavy atom. The molecule has 3 N–H and O–H groups in total. The van der Waals surface area contributed by atoms with E-state index in [-0.39, 0.29) is 6.10 Å². The summed E-state index contributed by atoms with van der Waals surface area (Å²) < 4.78 is 6.55. The van der Waals surface area contributed by atoms with E-state index >= 15 is 0 Å². The first-order chi connectivity index (χ1) is 16.0. The molecule has 4 heteroatoms. The normalized spacial score (nSPS) is 14.2. The van der Waals surface area contributed by atoms with E-state index in [1.165, 1.54) is 16.5 Å². The minimum Gasteiger partial charge on any atom is -0.487 e. The summed E-state index contributed by atoms with van der Waals surface area (Å²) in [6.45, 7) is 1.72. The maximum atomic E-state index is 11.4. The number of hydrogen-bond donors (Lipinski definition) is 2. The number of nitrogens with two attached hydrogens (primary N) is 1. The largest absolute Gasteiger partial charge is 0.487 e. The van der Waals surface area contributed by atoms with Crippen LogP contribution in [0.3, 0.4) is 0 Å². The first kappa shape index (κ1) is 21.1. The average molecular weight is 438 g/mol. The van der Waals surface area contributed by atoms with Gasteiger partial charge in [0, 0.05) is 18.4 Å². The molecule has 0 saturated carbocycles. The molecule has 0 bridgehead atoms. The van der Waals surface area contributed by atoms with E-state index < -0.39 is 11.9 Å². The smallest absolute Gasteiger partial charge is 0.306 e. The van der Waals surface area contributed by atoms with Crippen molar-refractivity contribution < 1.29 is 14.6 Å². The molecular weight excluding hydrogens is 410 g/mol. The highest BCUT2D eigenvalue weighted by atomic mass is 16.5. The highest BCUT2D eigenvalue weighted by Crippen LogP contribution is 2.40. The number of hydrogen-bond acceptors (Lipinski definition) is 3. The van der Waals surface area contributed by atoms with E-state index in [0.717, 1.165) is 34.9 Å². The van der Waals surface area contributed by atoms with E-state index in [1.54, 1.807) is 6.92 Å². The average Bonchev–Trinajstić information content (AvgIpc) is 3.23. The third-order valence-corrected chi connectivity index (χ3v) is 6.50. The molecule has 33 heavy (non-hydrogen) atoms. The predicted octanol–water partition coefficient (Wildman–Crippen LogP) is 5.90. The number of benzene rings is 4. The lowest BCUT2D eigenvalue weighted by molar-refractivity contribution is -0.141. The van der Waals surface area contributed by atoms with Gasteiger partial charge in [-0.05, 0) is 57.6 Å². The van der Waals surface area contributed by atoms with E-state index in [1.807, 2.05) is 24.3 Å². The number of carboxylic acid groups (broad SMARTS) is 1. The van der Waals surface area contributed by atoms with Crippen LogP contribution in [-0.2, 0) is 24.1 Å². The molecule has 166 valence electrons. The van der Waals surface area contributed by atoms with Gasteiger partial charge in [0.1, 0.15) is 11.9 Å². The topological polar surface area (TPSA) is 72.5 Å². The van der Waals surface area contributed by atoms with Crippen molar-refractivity contribution in [3.63, 3.8) is 0 Å². The van der Waals surface area contributed by atoms with Gasteiger partial charge in [-0.2, -0.15) is 0 Å². The summed E-state index contributed by atoms with van der Waals surface area (Å²) in [5.74, 6) is -0.635. The zero-order valence-electron chi connectivity index (χ0n) is 18.6. The summed E-state index contributed by atoms with van der Waals surface area (Å²) in [6.07, 6.45) is 2.14. The van der Waals surface area contributed by atoms with E-state index in [2.05, 4.69) is 54.6 Å². The molecule has 0 fully saturated rings. The van der Waals surface area contributed by atoms with E-state index in [0.29, 0.717) is 17.9 Å². The molecule has 1 aliphatic rings. The number of anilines is 1. The Kier molecular flexibility index (Phi) is 5.51. The first-order valence-electron chi connectivity index (χ1n) is 11.4. The molecule has 0 saturated heterocycles. The summed E-state index contributed by atoms with van der Waals surface area (Å²) in [4.78, 5) is 11.4. The van der Waals surface area contributed by atoms with Gasteiger partial charge in [0.05, 0.1) is 11.6 Å². The van der Waals surface area contributed by atoms with Crippen LogP contribution in [0.15, 0.2) is 78.9 Å². The second-order valence-electron chi connectivity index (χ2n) is 8.98. The van der Waals surface area contributed by atoms with E-state index in [4.69, 9.17) is 10.5 Å². The zero-order valence-corrected chi connectivity index (χ0v) is 18.6. The summed E-state index contributed by atoms with van der Waals surface area (Å²) in [5, 5.41) is 11.7. The SMILES string of the molecule is CC(Cc1cc(N)c(OC2Cc3ccccc3C2)c(-c2ccc3ccccc3c2)c1)C(=O)O. The Balaban J connectivity index is 1.56. The number of nitrogen functional groups attached to an aromatic ring is 1. The zero-order chi connectivity index (χ0) is 22.9. The van der Waals surface area contributed by atoms with Crippen LogP contribution in [0, 0.1) is 5.92 Å². The lowest BCUT2D eigenvalue weighted by Crippen LogP contribution is -2.18. The molecule has 0 amide bonds. The van der Waals surface area contributed by atoms with Gasteiger partial charge < -0.3 is 15.6 Å². The molecule has 0 aliphatic heterocycles. The van der Waals surface area contributed by atoms with Gasteiger partial charge >= 0.3 is 5.97 Å². The van der Waals surface area contributed by atoms with Crippen LogP contribution in [0.25, 0.3) is 21.9 Å². The fraction of sp³-hybridized carbons (Fsp3) is 0.207. The number of ether oxygens (including phenoxy) is 1. The summed E-state index contributed by atoms with van der Waals surface area (Å²) >= 11 is 0. The number of fused-ring (bicyclic) bond motifs is 2. The maximum absolute atomic E-state index is 11.4. The van der Waals surface area contributed by atoms with Crippen LogP contribution in [-0.4, -0.2) is 17.2 Å². The highest BCUT2D eigenvalue weighted by molar-refractivity contribution is 5.89. The summed E-state index contributed by atoms with van der Waals surface area (Å²) in [5.41, 5.74) is 12.5. The van der Waals surface area contributed by atoms with Crippen molar-refractivity contribution in [3.8, 4) is 16.9 Å². The number of aliphatic carboxylic acids is 1. The van der Waals surface area contributed by atoms with Crippen molar-refractivity contribution >= 4 is 22.4 Å². The first-order valence-corrected chi connectivity index (χ1v) is 11.4. The molecule has 4 aromatic rings. The third kappa shape index (κ3) is 4.29. The van der Waals surface area contributed by atoms with Gasteiger partial charge in [0.2, 0.25) is 0 Å². The van der Waals surface area contributed by atoms with Crippen LogP contribution >= 0.6 is 0 Å². The molecule has 1 unspecified atom stereocenters. The Morgan fingerprint density at radius 3 is 2.33 bits per heavy atom. The molecule has 4 nitrogen and oxygen atoms in total. The van der Waals surface area contributed by atoms with Crippen molar-refractivity contribution in [2.75, 3.05) is 5.73 Å². The monoisotopic (exact) mass is 437 g/mol. The van der Waals surface area contributed by atoms with Crippen molar-refractivity contribution in [1.82, 2.24) is 0 Å². The highest BCUT2D eigenvalue weighted by Gasteiger charge is 2.25. The molecular formula is C29H27NO3. The molecule has 0 spiro atoms. The van der Waals surface area contributed by atoms with Crippen molar-refractivity contribution in [3.05, 3.63) is 95.6 Å². The Morgan fingerprint density at radius 2 is 1.64 bits per heavy atom. The minimum absolute atomic E-state index is 0.0210. The second-order valence-corrected chi connectivity index (χ2v) is 8.98. The summed E-state index contributed by atoms with van der Waals surface area (Å²) in [6, 6.07) is 26.9. The molecule has 1 aliphatic carbocycles. The Bertz CT molecular complexity index is 1320. The maximum Gasteiger partial charge on any atom is 0.306 e. The number of rotatable bonds is 6. The Labute approximate surface area is 193 Å². The van der Waals surface area contributed by atoms with Crippen molar-refractivity contribution in [2.45, 2.75) is 32.3 Å². The van der Waals surface area contributed by atoms with Gasteiger partial charge in [-0.1, -0.05) is 67.6 Å². The molecule has 0 radical (unpaired) electrons. The predicted molar refractivity (Wildman–Crippen MR) is 133 cm³/mol. The van der Waals surface area contributed by atoms with Crippen LogP contribution in [0.5, 0.6) is 5.75 Å². The molecule has 4 aromatic carbocycles. The quantitative estimate of drug-likeness (QED) is 0.369. The second kappa shape index (κ2) is 8.62. The van der Waals surface area contributed by atoms with Crippen LogP contribution in [0.4, 0.5) is 5.69 Å². The molecule has 0 heterocycles. The van der Waals surface area contributed by atoms with Crippen LogP contribution in [0.2, 0.25) is 0 Å². The fourth-order valence-corrected chi connectivity index (χ4v) is 4.74. The summed E-state index contributed by atoms with van der Waals surface area (Å²) in [7, 11) is 0. The van der Waals surface area contributed by atoms with Crippen LogP contribution < -0.4 is 10.5 Å². The Hall–Kier alpha value is -3.79. The van der Waals surface area contributed by atoms with Crippen LogP contribution in [0.1, 0.15) is 23.6 Å². The third-order valence-electron chi connectivity index (χ3n) is 6.50. The standard InChI is InChI=1S/C29H27NO3/c1-18(29(31)32)12-19-13-26(24-11-10-20-6-2-3-7-21(20)15-24)28(27(30)14-19)33-25-16-22-8-4-5-9-23(22)17-25/h2-11,13-15,18,25H,12,16-17,30H2,1H3,(H,31,32). The lowest BCUT2D eigenvalue weighted by Gasteiger charge is -2.21. The van der Waals surface area contributed by atoms with Gasteiger partial charge in [-0.15, -0.1) is 0 Å². The minimum atomic E-state index is -0.815. The lowest BCUT2D eigenvalue weighted by atomic mass is 9.94. The van der Waals surface area contributed by atoms with Gasteiger partial charge in [-0.25, -0.2) is 0 Å². The number of carbonyl (C=O) groups is 1. The van der Waals surface area contributed by atoms with Gasteiger partial charge in [0.15, 0.2) is 0 Å². The van der Waals surface area contributed by atoms with Crippen molar-refractivity contribution in [2.24, 2.45) is 5.92 Å². The van der Waals surface area contributed by atoms with Crippen molar-refractivity contribution in [1.29, 1.82) is 0 Å². The molecule has 5 rings (SSSR count). The fourth-order valence-electron chi connectivity index (χ4n) is 4.74. The van der Waals surface area contributed by atoms with Gasteiger partial charge in [0.25, 0.3) is 0 Å². The van der Waals surface area contributed by atoms with E-state index in [9.17, 15) is 9.90 Å². The van der Waals surface area contributed by atoms with Gasteiger partial charge in [-0.3, -0.25) is 4.79 Å².